The van der Waals surface area contributed by atoms with Gasteiger partial charge in [-0.1, -0.05) is 25.3 Å². The van der Waals surface area contributed by atoms with E-state index in [1.807, 2.05) is 0 Å². The number of imidazole rings is 1. The van der Waals surface area contributed by atoms with E-state index in [1.165, 1.54) is 46.1 Å². The Morgan fingerprint density at radius 2 is 1.80 bits per heavy atom. The predicted octanol–water partition coefficient (Wildman–Crippen LogP) is 4.66. The molecule has 4 heterocycles. The summed E-state index contributed by atoms with van der Waals surface area (Å²) in [5.41, 5.74) is 1.42. The molecular formula is C27H30F3N7O3S. The van der Waals surface area contributed by atoms with Gasteiger partial charge in [0, 0.05) is 50.2 Å². The normalized spacial score (nSPS) is 18.0. The number of piperazine rings is 1. The smallest absolute Gasteiger partial charge is 0.314 e. The van der Waals surface area contributed by atoms with E-state index in [0.29, 0.717) is 49.1 Å². The zero-order valence-electron chi connectivity index (χ0n) is 22.2. The number of halogens is 3. The molecule has 218 valence electrons. The number of aromatic nitrogens is 4. The van der Waals surface area contributed by atoms with E-state index in [-0.39, 0.29) is 18.1 Å². The molecule has 0 N–H and O–H groups in total. The number of fused-ring (bicyclic) bond motifs is 1. The number of rotatable bonds is 8. The average molecular weight is 590 g/mol. The van der Waals surface area contributed by atoms with Crippen LogP contribution in [0.4, 0.5) is 18.9 Å². The number of nitrogens with zero attached hydrogens (tertiary/aromatic N) is 7. The monoisotopic (exact) mass is 589 g/mol. The predicted molar refractivity (Wildman–Crippen MR) is 145 cm³/mol. The number of hydrogen-bond acceptors (Lipinski definition) is 7. The first-order chi connectivity index (χ1) is 19.8. The molecule has 0 radical (unpaired) electrons. The van der Waals surface area contributed by atoms with Gasteiger partial charge in [-0.25, -0.2) is 9.37 Å². The highest BCUT2D eigenvalue weighted by Crippen LogP contribution is 2.28. The number of hydrogen-bond donors (Lipinski definition) is 0. The Morgan fingerprint density at radius 1 is 1.02 bits per heavy atom. The van der Waals surface area contributed by atoms with Gasteiger partial charge in [-0.3, -0.25) is 9.21 Å². The van der Waals surface area contributed by atoms with Crippen LogP contribution in [-0.4, -0.2) is 69.4 Å². The molecule has 1 aliphatic heterocycles. The van der Waals surface area contributed by atoms with Crippen LogP contribution in [0.2, 0.25) is 0 Å². The van der Waals surface area contributed by atoms with Crippen LogP contribution in [0.1, 0.15) is 50.1 Å². The summed E-state index contributed by atoms with van der Waals surface area (Å²) in [6, 6.07) is 9.18. The van der Waals surface area contributed by atoms with Gasteiger partial charge in [0.05, 0.1) is 17.9 Å². The molecule has 0 unspecified atom stereocenters. The minimum Gasteiger partial charge on any atom is -0.415 e. The van der Waals surface area contributed by atoms with Crippen molar-refractivity contribution in [1.82, 2.24) is 28.8 Å². The molecule has 0 atom stereocenters. The maximum atomic E-state index is 14.3. The largest absolute Gasteiger partial charge is 0.415 e. The fourth-order valence-electron chi connectivity index (χ4n) is 5.65. The van der Waals surface area contributed by atoms with Crippen LogP contribution in [0.3, 0.4) is 0 Å². The molecule has 1 aromatic carbocycles. The van der Waals surface area contributed by atoms with Crippen LogP contribution in [0.25, 0.3) is 17.1 Å². The molecule has 6 rings (SSSR count). The van der Waals surface area contributed by atoms with E-state index in [0.717, 1.165) is 12.8 Å². The highest BCUT2D eigenvalue weighted by molar-refractivity contribution is 7.90. The van der Waals surface area contributed by atoms with E-state index < -0.39 is 28.3 Å². The van der Waals surface area contributed by atoms with Gasteiger partial charge < -0.3 is 8.82 Å². The maximum absolute atomic E-state index is 14.3. The fraction of sp³-hybridized carbons (Fsp3) is 0.444. The van der Waals surface area contributed by atoms with E-state index in [4.69, 9.17) is 4.42 Å². The molecule has 0 spiro atoms. The molecule has 14 heteroatoms. The second-order valence-electron chi connectivity index (χ2n) is 10.4. The lowest BCUT2D eigenvalue weighted by atomic mass is 9.94. The second kappa shape index (κ2) is 11.4. The van der Waals surface area contributed by atoms with Gasteiger partial charge in [-0.15, -0.1) is 10.2 Å². The van der Waals surface area contributed by atoms with E-state index >= 15 is 0 Å². The van der Waals surface area contributed by atoms with Crippen molar-refractivity contribution in [3.8, 4) is 11.5 Å². The van der Waals surface area contributed by atoms with Gasteiger partial charge >= 0.3 is 16.6 Å². The summed E-state index contributed by atoms with van der Waals surface area (Å²) >= 11 is 0. The van der Waals surface area contributed by atoms with Crippen molar-refractivity contribution in [2.75, 3.05) is 30.5 Å². The van der Waals surface area contributed by atoms with Crippen molar-refractivity contribution in [3.05, 3.63) is 66.2 Å². The van der Waals surface area contributed by atoms with Crippen LogP contribution in [0.5, 0.6) is 0 Å². The Labute approximate surface area is 235 Å². The van der Waals surface area contributed by atoms with Crippen molar-refractivity contribution in [2.45, 2.75) is 51.1 Å². The molecule has 4 aromatic rings. The van der Waals surface area contributed by atoms with E-state index in [1.54, 1.807) is 35.0 Å². The molecule has 3 aromatic heterocycles. The number of benzene rings is 1. The molecular weight excluding hydrogens is 559 g/mol. The number of alkyl halides is 2. The lowest BCUT2D eigenvalue weighted by molar-refractivity contribution is 0.111. The molecule has 2 fully saturated rings. The first kappa shape index (κ1) is 27.7. The summed E-state index contributed by atoms with van der Waals surface area (Å²) in [7, 11) is -4.02. The Balaban J connectivity index is 1.25. The molecule has 41 heavy (non-hydrogen) atoms. The first-order valence-corrected chi connectivity index (χ1v) is 15.0. The molecule has 1 saturated carbocycles. The first-order valence-electron chi connectivity index (χ1n) is 13.6. The number of anilines is 1. The van der Waals surface area contributed by atoms with Gasteiger partial charge in [0.2, 0.25) is 5.89 Å². The highest BCUT2D eigenvalue weighted by atomic mass is 32.2. The topological polar surface area (TPSA) is 100 Å². The fourth-order valence-corrected chi connectivity index (χ4v) is 7.23. The maximum Gasteiger partial charge on any atom is 0.314 e. The molecule has 10 nitrogen and oxygen atoms in total. The zero-order valence-corrected chi connectivity index (χ0v) is 23.1. The Morgan fingerprint density at radius 3 is 2.51 bits per heavy atom. The lowest BCUT2D eigenvalue weighted by Crippen LogP contribution is -2.55. The quantitative estimate of drug-likeness (QED) is 0.295. The van der Waals surface area contributed by atoms with Gasteiger partial charge in [0.25, 0.3) is 5.89 Å². The molecule has 1 saturated heterocycles. The van der Waals surface area contributed by atoms with Crippen molar-refractivity contribution < 1.29 is 26.0 Å². The van der Waals surface area contributed by atoms with Crippen LogP contribution in [0.15, 0.2) is 53.2 Å². The van der Waals surface area contributed by atoms with Crippen molar-refractivity contribution in [3.63, 3.8) is 0 Å². The summed E-state index contributed by atoms with van der Waals surface area (Å²) in [6.45, 7) is 1.87. The Kier molecular flexibility index (Phi) is 7.70. The third kappa shape index (κ3) is 5.81. The van der Waals surface area contributed by atoms with Crippen LogP contribution in [-0.2, 0) is 16.8 Å². The van der Waals surface area contributed by atoms with Gasteiger partial charge in [0.1, 0.15) is 11.5 Å². The van der Waals surface area contributed by atoms with Crippen LogP contribution in [0, 0.1) is 5.82 Å². The van der Waals surface area contributed by atoms with E-state index in [2.05, 4.69) is 20.1 Å². The summed E-state index contributed by atoms with van der Waals surface area (Å²) in [4.78, 5) is 6.95. The summed E-state index contributed by atoms with van der Waals surface area (Å²) in [6.07, 6.45) is 6.40. The average Bonchev–Trinajstić information content (AvgIpc) is 3.63. The highest BCUT2D eigenvalue weighted by Gasteiger charge is 2.35. The number of pyridine rings is 1. The summed E-state index contributed by atoms with van der Waals surface area (Å²) in [5.74, 6) is -1.41. The second-order valence-corrected chi connectivity index (χ2v) is 12.2. The van der Waals surface area contributed by atoms with Crippen molar-refractivity contribution >= 4 is 21.5 Å². The SMILES string of the molecule is O=S(=O)(N1CCN(C2CCCCC2)CC1)N(Cc1cn2ccc(-c3nnc(C(F)F)o3)cc2n1)c1cccc(F)c1. The molecule has 1 aliphatic carbocycles. The lowest BCUT2D eigenvalue weighted by Gasteiger charge is -2.41. The molecule has 0 amide bonds. The van der Waals surface area contributed by atoms with Gasteiger partial charge in [-0.05, 0) is 43.2 Å². The minimum atomic E-state index is -4.02. The minimum absolute atomic E-state index is 0.0799. The van der Waals surface area contributed by atoms with Crippen molar-refractivity contribution in [2.24, 2.45) is 0 Å². The van der Waals surface area contributed by atoms with Crippen LogP contribution < -0.4 is 4.31 Å². The van der Waals surface area contributed by atoms with E-state index in [9.17, 15) is 21.6 Å². The Bertz CT molecular complexity index is 1610. The zero-order chi connectivity index (χ0) is 28.6. The standard InChI is InChI=1S/C27H30F3N7O3S/c28-20-5-4-8-23(16-20)37(41(38,39)36-13-11-34(12-14-36)22-6-2-1-3-7-22)18-21-17-35-10-9-19(15-24(35)31-21)26-32-33-27(40-26)25(29)30/h4-5,8-10,15-17,22,25H,1-3,6-7,11-14,18H2. The van der Waals surface area contributed by atoms with Gasteiger partial charge in [-0.2, -0.15) is 21.5 Å². The summed E-state index contributed by atoms with van der Waals surface area (Å²) in [5, 5.41) is 7.03. The third-order valence-corrected chi connectivity index (χ3v) is 9.67. The van der Waals surface area contributed by atoms with Crippen LogP contribution >= 0.6 is 0 Å². The third-order valence-electron chi connectivity index (χ3n) is 7.76. The molecule has 2 aliphatic rings. The summed E-state index contributed by atoms with van der Waals surface area (Å²) < 4.78 is 77.3. The van der Waals surface area contributed by atoms with Gasteiger partial charge in [0.15, 0.2) is 0 Å². The molecule has 0 bridgehead atoms. The van der Waals surface area contributed by atoms with Crippen molar-refractivity contribution in [1.29, 1.82) is 0 Å². The Hall–Kier alpha value is -3.49.